The molecule has 0 radical (unpaired) electrons. The molecule has 7 heteroatoms. The molecule has 5 heterocycles. The van der Waals surface area contributed by atoms with Crippen LogP contribution in [0.1, 0.15) is 62.8 Å². The highest BCUT2D eigenvalue weighted by molar-refractivity contribution is 5.87. The van der Waals surface area contributed by atoms with E-state index >= 15 is 0 Å². The van der Waals surface area contributed by atoms with E-state index in [1.807, 2.05) is 0 Å². The predicted molar refractivity (Wildman–Crippen MR) is 166 cm³/mol. The minimum absolute atomic E-state index is 0.480. The summed E-state index contributed by atoms with van der Waals surface area (Å²) in [5.74, 6) is 2.26. The summed E-state index contributed by atoms with van der Waals surface area (Å²) in [5.41, 5.74) is 7.92. The molecule has 220 valence electrons. The zero-order valence-corrected chi connectivity index (χ0v) is 25.2. The van der Waals surface area contributed by atoms with Gasteiger partial charge in [-0.3, -0.25) is 9.80 Å². The number of imidazole rings is 1. The van der Waals surface area contributed by atoms with Crippen molar-refractivity contribution < 1.29 is 9.47 Å². The number of hydrogen-bond donors (Lipinski definition) is 0. The number of aromatic nitrogens is 2. The van der Waals surface area contributed by atoms with Crippen LogP contribution in [0.4, 0.5) is 5.69 Å². The van der Waals surface area contributed by atoms with Crippen molar-refractivity contribution in [3.63, 3.8) is 0 Å². The van der Waals surface area contributed by atoms with Crippen molar-refractivity contribution in [2.45, 2.75) is 63.5 Å². The second-order valence-electron chi connectivity index (χ2n) is 13.0. The van der Waals surface area contributed by atoms with E-state index in [1.165, 1.54) is 52.1 Å². The first-order valence-corrected chi connectivity index (χ1v) is 16.0. The number of aryl methyl sites for hydroxylation is 1. The Labute approximate surface area is 245 Å². The molecule has 0 atom stereocenters. The van der Waals surface area contributed by atoms with Gasteiger partial charge in [0.25, 0.3) is 0 Å². The van der Waals surface area contributed by atoms with Gasteiger partial charge >= 0.3 is 0 Å². The molecule has 0 amide bonds. The molecule has 0 bridgehead atoms. The van der Waals surface area contributed by atoms with Crippen molar-refractivity contribution >= 4 is 16.7 Å². The Balaban J connectivity index is 1.19. The average molecular weight is 558 g/mol. The van der Waals surface area contributed by atoms with Crippen molar-refractivity contribution in [2.75, 3.05) is 70.6 Å². The van der Waals surface area contributed by atoms with Crippen molar-refractivity contribution in [3.05, 3.63) is 47.8 Å². The first-order valence-electron chi connectivity index (χ1n) is 16.0. The van der Waals surface area contributed by atoms with E-state index in [0.717, 1.165) is 78.5 Å². The molecule has 7 nitrogen and oxygen atoms in total. The fourth-order valence-corrected chi connectivity index (χ4v) is 7.50. The van der Waals surface area contributed by atoms with E-state index in [-0.39, 0.29) is 0 Å². The molecule has 4 fully saturated rings. The molecule has 0 N–H and O–H groups in total. The van der Waals surface area contributed by atoms with Crippen LogP contribution in [0, 0.1) is 0 Å². The summed E-state index contributed by atoms with van der Waals surface area (Å²) in [6.45, 7) is 14.9. The third-order valence-corrected chi connectivity index (χ3v) is 10.4. The summed E-state index contributed by atoms with van der Waals surface area (Å²) in [5, 5.41) is 0. The van der Waals surface area contributed by atoms with Gasteiger partial charge in [-0.2, -0.15) is 0 Å². The molecule has 4 aliphatic heterocycles. The van der Waals surface area contributed by atoms with E-state index < -0.39 is 0 Å². The van der Waals surface area contributed by atoms with E-state index in [9.17, 15) is 0 Å². The first kappa shape index (κ1) is 27.4. The van der Waals surface area contributed by atoms with Gasteiger partial charge in [-0.1, -0.05) is 12.1 Å². The maximum Gasteiger partial charge on any atom is 0.112 e. The molecule has 1 aromatic heterocycles. The van der Waals surface area contributed by atoms with Crippen LogP contribution in [-0.2, 0) is 16.5 Å². The topological polar surface area (TPSA) is 46.0 Å². The van der Waals surface area contributed by atoms with Gasteiger partial charge in [0.1, 0.15) is 5.82 Å². The van der Waals surface area contributed by atoms with Gasteiger partial charge in [-0.15, -0.1) is 0 Å². The Bertz CT molecular complexity index is 1330. The van der Waals surface area contributed by atoms with Crippen LogP contribution in [0.15, 0.2) is 36.4 Å². The van der Waals surface area contributed by atoms with Crippen molar-refractivity contribution in [1.29, 1.82) is 0 Å². The second kappa shape index (κ2) is 11.7. The van der Waals surface area contributed by atoms with Gasteiger partial charge in [-0.05, 0) is 99.5 Å². The molecule has 0 aliphatic carbocycles. The maximum absolute atomic E-state index is 5.69. The maximum atomic E-state index is 5.69. The molecule has 0 unspecified atom stereocenters. The lowest BCUT2D eigenvalue weighted by molar-refractivity contribution is -0.0712. The zero-order chi connectivity index (χ0) is 27.9. The SMILES string of the molecule is CC(C)N1CCN(c2ccc(-c3cc(C4CCN(C5COC5)CC4)c4nc(C5CCOCC5)n(C)c4c3)cc2)CC1. The number of rotatable bonds is 6. The van der Waals surface area contributed by atoms with Gasteiger partial charge in [-0.25, -0.2) is 4.98 Å². The molecular weight excluding hydrogens is 510 g/mol. The summed E-state index contributed by atoms with van der Waals surface area (Å²) in [6, 6.07) is 15.5. The lowest BCUT2D eigenvalue weighted by Crippen LogP contribution is -2.51. The van der Waals surface area contributed by atoms with E-state index in [4.69, 9.17) is 14.5 Å². The number of piperazine rings is 1. The van der Waals surface area contributed by atoms with Crippen LogP contribution in [0.5, 0.6) is 0 Å². The summed E-state index contributed by atoms with van der Waals surface area (Å²) in [6.07, 6.45) is 4.52. The molecular formula is C34H47N5O2. The number of likely N-dealkylation sites (tertiary alicyclic amines) is 1. The first-order chi connectivity index (χ1) is 20.0. The fraction of sp³-hybridized carbons (Fsp3) is 0.618. The average Bonchev–Trinajstić information content (AvgIpc) is 3.33. The van der Waals surface area contributed by atoms with Crippen LogP contribution in [-0.4, -0.2) is 97.1 Å². The zero-order valence-electron chi connectivity index (χ0n) is 25.2. The highest BCUT2D eigenvalue weighted by Gasteiger charge is 2.32. The van der Waals surface area contributed by atoms with E-state index in [1.54, 1.807) is 0 Å². The lowest BCUT2D eigenvalue weighted by atomic mass is 9.86. The van der Waals surface area contributed by atoms with Crippen molar-refractivity contribution in [2.24, 2.45) is 7.05 Å². The molecule has 0 spiro atoms. The number of fused-ring (bicyclic) bond motifs is 1. The molecule has 2 aromatic carbocycles. The Hall–Kier alpha value is -2.45. The number of benzene rings is 2. The van der Waals surface area contributed by atoms with Crippen LogP contribution in [0.25, 0.3) is 22.2 Å². The van der Waals surface area contributed by atoms with Crippen LogP contribution < -0.4 is 4.90 Å². The fourth-order valence-electron chi connectivity index (χ4n) is 7.50. The molecule has 0 saturated carbocycles. The predicted octanol–water partition coefficient (Wildman–Crippen LogP) is 5.24. The highest BCUT2D eigenvalue weighted by Crippen LogP contribution is 2.39. The Kier molecular flexibility index (Phi) is 7.80. The third-order valence-electron chi connectivity index (χ3n) is 10.4. The van der Waals surface area contributed by atoms with Gasteiger partial charge in [0, 0.05) is 64.1 Å². The van der Waals surface area contributed by atoms with Gasteiger partial charge < -0.3 is 18.9 Å². The number of piperidine rings is 1. The quantitative estimate of drug-likeness (QED) is 0.413. The van der Waals surface area contributed by atoms with Gasteiger partial charge in [0.15, 0.2) is 0 Å². The molecule has 41 heavy (non-hydrogen) atoms. The summed E-state index contributed by atoms with van der Waals surface area (Å²) in [4.78, 5) is 13.1. The van der Waals surface area contributed by atoms with E-state index in [0.29, 0.717) is 23.9 Å². The smallest absolute Gasteiger partial charge is 0.112 e. The minimum Gasteiger partial charge on any atom is -0.381 e. The highest BCUT2D eigenvalue weighted by atomic mass is 16.5. The summed E-state index contributed by atoms with van der Waals surface area (Å²) in [7, 11) is 2.23. The van der Waals surface area contributed by atoms with Crippen LogP contribution >= 0.6 is 0 Å². The largest absolute Gasteiger partial charge is 0.381 e. The summed E-state index contributed by atoms with van der Waals surface area (Å²) >= 11 is 0. The molecule has 4 saturated heterocycles. The van der Waals surface area contributed by atoms with E-state index in [2.05, 4.69) is 76.6 Å². The van der Waals surface area contributed by atoms with Gasteiger partial charge in [0.05, 0.1) is 30.3 Å². The number of ether oxygens (including phenoxy) is 2. The standard InChI is InChI=1S/C34H47N5O2/c1-24(2)37-14-16-39(17-15-37)29-6-4-25(5-7-29)28-20-31(26-8-12-38(13-9-26)30-22-41-23-30)33-32(21-28)36(3)34(35-33)27-10-18-40-19-11-27/h4-7,20-21,24,26-27,30H,8-19,22-23H2,1-3H3. The number of nitrogens with zero attached hydrogens (tertiary/aromatic N) is 5. The molecule has 4 aliphatic rings. The van der Waals surface area contributed by atoms with Crippen LogP contribution in [0.3, 0.4) is 0 Å². The Morgan fingerprint density at radius 3 is 2.12 bits per heavy atom. The van der Waals surface area contributed by atoms with Crippen molar-refractivity contribution in [3.8, 4) is 11.1 Å². The number of hydrogen-bond acceptors (Lipinski definition) is 6. The Morgan fingerprint density at radius 2 is 1.49 bits per heavy atom. The van der Waals surface area contributed by atoms with Gasteiger partial charge in [0.2, 0.25) is 0 Å². The Morgan fingerprint density at radius 1 is 0.780 bits per heavy atom. The lowest BCUT2D eigenvalue weighted by Gasteiger charge is -2.41. The summed E-state index contributed by atoms with van der Waals surface area (Å²) < 4.78 is 13.6. The normalized spacial score (nSPS) is 22.6. The minimum atomic E-state index is 0.480. The second-order valence-corrected chi connectivity index (χ2v) is 13.0. The molecule has 3 aromatic rings. The monoisotopic (exact) mass is 557 g/mol. The van der Waals surface area contributed by atoms with Crippen LogP contribution in [0.2, 0.25) is 0 Å². The van der Waals surface area contributed by atoms with Crippen molar-refractivity contribution in [1.82, 2.24) is 19.4 Å². The molecule has 7 rings (SSSR count). The number of anilines is 1. The third kappa shape index (κ3) is 5.42.